The summed E-state index contributed by atoms with van der Waals surface area (Å²) < 4.78 is 5.16. The second-order valence-corrected chi connectivity index (χ2v) is 7.47. The molecule has 7 heteroatoms. The van der Waals surface area contributed by atoms with E-state index in [-0.39, 0.29) is 11.9 Å². The molecule has 2 amide bonds. The molecule has 154 valence electrons. The summed E-state index contributed by atoms with van der Waals surface area (Å²) in [5.41, 5.74) is 1.42. The van der Waals surface area contributed by atoms with Crippen LogP contribution in [0.2, 0.25) is 0 Å². The molecule has 0 aliphatic rings. The fourth-order valence-corrected chi connectivity index (χ4v) is 3.13. The maximum absolute atomic E-state index is 12.4. The molecule has 0 aliphatic carbocycles. The van der Waals surface area contributed by atoms with Crippen LogP contribution in [0.3, 0.4) is 0 Å². The third-order valence-electron chi connectivity index (χ3n) is 4.26. The van der Waals surface area contributed by atoms with Gasteiger partial charge in [-0.3, -0.25) is 9.59 Å². The number of rotatable bonds is 10. The number of carbonyl (C=O) groups is 3. The predicted molar refractivity (Wildman–Crippen MR) is 115 cm³/mol. The van der Waals surface area contributed by atoms with Crippen molar-refractivity contribution in [2.45, 2.75) is 25.4 Å². The first kappa shape index (κ1) is 22.5. The zero-order chi connectivity index (χ0) is 21.1. The van der Waals surface area contributed by atoms with Crippen molar-refractivity contribution in [3.63, 3.8) is 0 Å². The average Bonchev–Trinajstić information content (AvgIpc) is 2.76. The molecule has 0 saturated heterocycles. The van der Waals surface area contributed by atoms with Crippen LogP contribution in [0.25, 0.3) is 0 Å². The molecule has 0 fully saturated rings. The first-order valence-corrected chi connectivity index (χ1v) is 10.8. The first-order valence-electron chi connectivity index (χ1n) is 9.37. The molecule has 0 aliphatic heterocycles. The van der Waals surface area contributed by atoms with Crippen LogP contribution in [0, 0.1) is 0 Å². The second kappa shape index (κ2) is 11.9. The maximum atomic E-state index is 12.4. The number of hydrogen-bond acceptors (Lipinski definition) is 5. The zero-order valence-corrected chi connectivity index (χ0v) is 17.4. The summed E-state index contributed by atoms with van der Waals surface area (Å²) in [7, 11) is 0. The third kappa shape index (κ3) is 7.62. The van der Waals surface area contributed by atoms with Gasteiger partial charge in [0.15, 0.2) is 6.61 Å². The normalized spacial score (nSPS) is 12.5. The van der Waals surface area contributed by atoms with E-state index >= 15 is 0 Å². The van der Waals surface area contributed by atoms with Gasteiger partial charge in [-0.25, -0.2) is 4.79 Å². The van der Waals surface area contributed by atoms with Gasteiger partial charge in [-0.05, 0) is 43.0 Å². The van der Waals surface area contributed by atoms with E-state index in [0.717, 1.165) is 5.56 Å². The molecule has 6 nitrogen and oxygen atoms in total. The highest BCUT2D eigenvalue weighted by molar-refractivity contribution is 7.98. The average molecular weight is 415 g/mol. The molecule has 2 aromatic carbocycles. The van der Waals surface area contributed by atoms with Crippen LogP contribution in [0.1, 0.15) is 35.3 Å². The van der Waals surface area contributed by atoms with Gasteiger partial charge < -0.3 is 15.4 Å². The summed E-state index contributed by atoms with van der Waals surface area (Å²) in [6.07, 6.45) is 2.33. The van der Waals surface area contributed by atoms with Gasteiger partial charge >= 0.3 is 5.97 Å². The zero-order valence-electron chi connectivity index (χ0n) is 16.6. The van der Waals surface area contributed by atoms with Crippen LogP contribution < -0.4 is 10.6 Å². The minimum atomic E-state index is -0.811. The van der Waals surface area contributed by atoms with Crippen LogP contribution in [0.4, 0.5) is 0 Å². The van der Waals surface area contributed by atoms with Crippen molar-refractivity contribution in [2.24, 2.45) is 0 Å². The Kier molecular flexibility index (Phi) is 9.24. The number of hydrogen-bond donors (Lipinski definition) is 2. The summed E-state index contributed by atoms with van der Waals surface area (Å²) in [6.45, 7) is 1.46. The van der Waals surface area contributed by atoms with E-state index in [0.29, 0.717) is 17.7 Å². The Balaban J connectivity index is 1.88. The molecule has 0 heterocycles. The van der Waals surface area contributed by atoms with E-state index in [1.807, 2.05) is 49.6 Å². The molecular weight excluding hydrogens is 388 g/mol. The lowest BCUT2D eigenvalue weighted by Crippen LogP contribution is -2.43. The molecule has 2 aromatic rings. The highest BCUT2D eigenvalue weighted by Gasteiger charge is 2.23. The smallest absolute Gasteiger partial charge is 0.329 e. The van der Waals surface area contributed by atoms with E-state index in [1.54, 1.807) is 36.0 Å². The Labute approximate surface area is 175 Å². The highest BCUT2D eigenvalue weighted by atomic mass is 32.2. The second-order valence-electron chi connectivity index (χ2n) is 6.48. The fraction of sp³-hybridized carbons (Fsp3) is 0.318. The van der Waals surface area contributed by atoms with Gasteiger partial charge in [0.05, 0.1) is 6.04 Å². The van der Waals surface area contributed by atoms with E-state index < -0.39 is 24.5 Å². The fourth-order valence-electron chi connectivity index (χ4n) is 2.66. The van der Waals surface area contributed by atoms with Crippen molar-refractivity contribution < 1.29 is 19.1 Å². The van der Waals surface area contributed by atoms with Gasteiger partial charge in [0.25, 0.3) is 11.8 Å². The molecule has 2 unspecified atom stereocenters. The van der Waals surface area contributed by atoms with Crippen LogP contribution in [0.15, 0.2) is 60.7 Å². The molecule has 0 bridgehead atoms. The number of benzene rings is 2. The topological polar surface area (TPSA) is 84.5 Å². The number of ether oxygens (including phenoxy) is 1. The van der Waals surface area contributed by atoms with Gasteiger partial charge in [0.2, 0.25) is 0 Å². The quantitative estimate of drug-likeness (QED) is 0.584. The first-order chi connectivity index (χ1) is 14.0. The van der Waals surface area contributed by atoms with Crippen molar-refractivity contribution in [1.29, 1.82) is 0 Å². The van der Waals surface area contributed by atoms with Crippen molar-refractivity contribution in [1.82, 2.24) is 10.6 Å². The number of nitrogens with one attached hydrogen (secondary N) is 2. The highest BCUT2D eigenvalue weighted by Crippen LogP contribution is 2.11. The number of thioether (sulfide) groups is 1. The number of esters is 1. The Bertz CT molecular complexity index is 799. The van der Waals surface area contributed by atoms with Crippen LogP contribution in [-0.2, 0) is 14.3 Å². The lowest BCUT2D eigenvalue weighted by atomic mass is 10.1. The summed E-state index contributed by atoms with van der Waals surface area (Å²) in [5, 5.41) is 5.49. The molecular formula is C22H26N2O4S. The van der Waals surface area contributed by atoms with Gasteiger partial charge in [0.1, 0.15) is 6.04 Å². The Hall–Kier alpha value is -2.80. The van der Waals surface area contributed by atoms with E-state index in [4.69, 9.17) is 4.74 Å². The minimum Gasteiger partial charge on any atom is -0.454 e. The molecule has 0 radical (unpaired) electrons. The Morgan fingerprint density at radius 3 is 2.21 bits per heavy atom. The minimum absolute atomic E-state index is 0.201. The van der Waals surface area contributed by atoms with Gasteiger partial charge in [0, 0.05) is 5.56 Å². The third-order valence-corrected chi connectivity index (χ3v) is 4.90. The lowest BCUT2D eigenvalue weighted by molar-refractivity contribution is -0.150. The lowest BCUT2D eigenvalue weighted by Gasteiger charge is -2.18. The standard InChI is InChI=1S/C22H26N2O4S/c1-16(17-9-5-3-6-10-17)23-20(25)15-28-22(27)19(13-14-29-2)24-21(26)18-11-7-4-8-12-18/h3-12,16,19H,13-15H2,1-2H3,(H,23,25)(H,24,26). The molecule has 0 spiro atoms. The van der Waals surface area contributed by atoms with E-state index in [2.05, 4.69) is 10.6 Å². The molecule has 2 rings (SSSR count). The molecule has 2 atom stereocenters. The van der Waals surface area contributed by atoms with Crippen LogP contribution >= 0.6 is 11.8 Å². The Morgan fingerprint density at radius 1 is 0.966 bits per heavy atom. The summed E-state index contributed by atoms with van der Waals surface area (Å²) in [5.74, 6) is -0.694. The van der Waals surface area contributed by atoms with Gasteiger partial charge in [-0.2, -0.15) is 11.8 Å². The van der Waals surface area contributed by atoms with E-state index in [1.165, 1.54) is 0 Å². The molecule has 0 saturated carbocycles. The summed E-state index contributed by atoms with van der Waals surface area (Å²) in [6, 6.07) is 17.2. The van der Waals surface area contributed by atoms with E-state index in [9.17, 15) is 14.4 Å². The largest absolute Gasteiger partial charge is 0.454 e. The molecule has 2 N–H and O–H groups in total. The van der Waals surface area contributed by atoms with Crippen molar-refractivity contribution >= 4 is 29.5 Å². The monoisotopic (exact) mass is 414 g/mol. The Morgan fingerprint density at radius 2 is 1.59 bits per heavy atom. The SMILES string of the molecule is CSCCC(NC(=O)c1ccccc1)C(=O)OCC(=O)NC(C)c1ccccc1. The van der Waals surface area contributed by atoms with Crippen molar-refractivity contribution in [3.05, 3.63) is 71.8 Å². The molecule has 0 aromatic heterocycles. The van der Waals surface area contributed by atoms with Crippen molar-refractivity contribution in [2.75, 3.05) is 18.6 Å². The predicted octanol–water partition coefficient (Wildman–Crippen LogP) is 2.96. The summed E-state index contributed by atoms with van der Waals surface area (Å²) in [4.78, 5) is 36.9. The maximum Gasteiger partial charge on any atom is 0.329 e. The van der Waals surface area contributed by atoms with Crippen molar-refractivity contribution in [3.8, 4) is 0 Å². The number of carbonyl (C=O) groups excluding carboxylic acids is 3. The molecule has 29 heavy (non-hydrogen) atoms. The number of amides is 2. The van der Waals surface area contributed by atoms with Crippen LogP contribution in [-0.4, -0.2) is 42.4 Å². The summed E-state index contributed by atoms with van der Waals surface area (Å²) >= 11 is 1.56. The van der Waals surface area contributed by atoms with Gasteiger partial charge in [-0.15, -0.1) is 0 Å². The van der Waals surface area contributed by atoms with Crippen LogP contribution in [0.5, 0.6) is 0 Å². The van der Waals surface area contributed by atoms with Gasteiger partial charge in [-0.1, -0.05) is 48.5 Å².